The standard InChI is InChI=1S/C8H22N2O3Si/c1-4-7-10-14(11-2,12-3)13-8-5-6-9/h10H,4-9H2,1-3H3. The maximum absolute atomic E-state index is 5.57. The molecule has 86 valence electrons. The van der Waals surface area contributed by atoms with Gasteiger partial charge in [0.2, 0.25) is 0 Å². The monoisotopic (exact) mass is 222 g/mol. The zero-order valence-electron chi connectivity index (χ0n) is 9.34. The smallest absolute Gasteiger partial charge is 0.364 e. The average molecular weight is 222 g/mol. The van der Waals surface area contributed by atoms with Gasteiger partial charge >= 0.3 is 8.97 Å². The summed E-state index contributed by atoms with van der Waals surface area (Å²) in [6.07, 6.45) is 1.83. The van der Waals surface area contributed by atoms with Crippen molar-refractivity contribution < 1.29 is 13.3 Å². The summed E-state index contributed by atoms with van der Waals surface area (Å²) >= 11 is 0. The van der Waals surface area contributed by atoms with Gasteiger partial charge in [-0.15, -0.1) is 0 Å². The van der Waals surface area contributed by atoms with Crippen molar-refractivity contribution in [1.29, 1.82) is 0 Å². The molecule has 0 heterocycles. The molecular weight excluding hydrogens is 200 g/mol. The van der Waals surface area contributed by atoms with Crippen LogP contribution in [0.1, 0.15) is 19.8 Å². The lowest BCUT2D eigenvalue weighted by molar-refractivity contribution is 0.0857. The molecule has 0 bridgehead atoms. The molecule has 0 unspecified atom stereocenters. The highest BCUT2D eigenvalue weighted by Crippen LogP contribution is 2.03. The van der Waals surface area contributed by atoms with Gasteiger partial charge in [-0.3, -0.25) is 4.98 Å². The van der Waals surface area contributed by atoms with Crippen molar-refractivity contribution >= 4 is 8.97 Å². The predicted molar refractivity (Wildman–Crippen MR) is 57.7 cm³/mol. The van der Waals surface area contributed by atoms with Crippen LogP contribution in [0.5, 0.6) is 0 Å². The summed E-state index contributed by atoms with van der Waals surface area (Å²) in [6, 6.07) is 0. The number of rotatable bonds is 9. The van der Waals surface area contributed by atoms with E-state index < -0.39 is 8.97 Å². The Morgan fingerprint density at radius 1 is 1.29 bits per heavy atom. The minimum absolute atomic E-state index is 0.571. The molecule has 0 aliphatic heterocycles. The van der Waals surface area contributed by atoms with E-state index >= 15 is 0 Å². The van der Waals surface area contributed by atoms with Gasteiger partial charge in [0.05, 0.1) is 0 Å². The van der Waals surface area contributed by atoms with E-state index in [0.29, 0.717) is 13.2 Å². The van der Waals surface area contributed by atoms with Gasteiger partial charge in [-0.05, 0) is 25.9 Å². The third-order valence-electron chi connectivity index (χ3n) is 1.77. The quantitative estimate of drug-likeness (QED) is 0.427. The maximum Gasteiger partial charge on any atom is 0.596 e. The van der Waals surface area contributed by atoms with Crippen molar-refractivity contribution in [1.82, 2.24) is 4.98 Å². The summed E-state index contributed by atoms with van der Waals surface area (Å²) in [7, 11) is 0.589. The predicted octanol–water partition coefficient (Wildman–Crippen LogP) is 0.0798. The molecule has 0 saturated heterocycles. The van der Waals surface area contributed by atoms with Crippen molar-refractivity contribution in [2.75, 3.05) is 33.9 Å². The lowest BCUT2D eigenvalue weighted by Gasteiger charge is -2.26. The van der Waals surface area contributed by atoms with Crippen LogP contribution in [-0.2, 0) is 13.3 Å². The second-order valence-electron chi connectivity index (χ2n) is 2.88. The van der Waals surface area contributed by atoms with Crippen molar-refractivity contribution in [3.63, 3.8) is 0 Å². The highest BCUT2D eigenvalue weighted by molar-refractivity contribution is 6.57. The van der Waals surface area contributed by atoms with E-state index in [1.807, 2.05) is 0 Å². The topological polar surface area (TPSA) is 65.7 Å². The number of nitrogens with one attached hydrogen (secondary N) is 1. The molecule has 0 aromatic heterocycles. The Kier molecular flexibility index (Phi) is 8.35. The highest BCUT2D eigenvalue weighted by Gasteiger charge is 2.39. The van der Waals surface area contributed by atoms with Crippen LogP contribution >= 0.6 is 0 Å². The first-order valence-corrected chi connectivity index (χ1v) is 6.66. The van der Waals surface area contributed by atoms with E-state index in [0.717, 1.165) is 19.4 Å². The molecule has 3 N–H and O–H groups in total. The van der Waals surface area contributed by atoms with Gasteiger partial charge in [0.1, 0.15) is 0 Å². The van der Waals surface area contributed by atoms with E-state index in [1.54, 1.807) is 14.2 Å². The molecule has 0 atom stereocenters. The Morgan fingerprint density at radius 2 is 1.93 bits per heavy atom. The normalized spacial score (nSPS) is 12.0. The van der Waals surface area contributed by atoms with E-state index in [-0.39, 0.29) is 0 Å². The van der Waals surface area contributed by atoms with Gasteiger partial charge in [0, 0.05) is 20.8 Å². The van der Waals surface area contributed by atoms with Crippen LogP contribution in [0, 0.1) is 0 Å². The zero-order valence-corrected chi connectivity index (χ0v) is 10.3. The van der Waals surface area contributed by atoms with Gasteiger partial charge in [-0.2, -0.15) is 0 Å². The first kappa shape index (κ1) is 14.0. The van der Waals surface area contributed by atoms with Crippen LogP contribution in [-0.4, -0.2) is 42.9 Å². The van der Waals surface area contributed by atoms with Crippen LogP contribution in [0.25, 0.3) is 0 Å². The minimum Gasteiger partial charge on any atom is -0.364 e. The molecule has 0 aromatic carbocycles. The lowest BCUT2D eigenvalue weighted by Crippen LogP contribution is -2.58. The fraction of sp³-hybridized carbons (Fsp3) is 1.00. The van der Waals surface area contributed by atoms with Crippen LogP contribution in [0.2, 0.25) is 0 Å². The Bertz CT molecular complexity index is 134. The minimum atomic E-state index is -2.61. The number of hydrogen-bond donors (Lipinski definition) is 2. The fourth-order valence-corrected chi connectivity index (χ4v) is 2.73. The Morgan fingerprint density at radius 3 is 2.36 bits per heavy atom. The van der Waals surface area contributed by atoms with E-state index in [9.17, 15) is 0 Å². The van der Waals surface area contributed by atoms with Crippen molar-refractivity contribution in [2.45, 2.75) is 19.8 Å². The van der Waals surface area contributed by atoms with E-state index in [1.165, 1.54) is 0 Å². The van der Waals surface area contributed by atoms with Crippen LogP contribution in [0.3, 0.4) is 0 Å². The Hall–Kier alpha value is 0.0169. The molecule has 14 heavy (non-hydrogen) atoms. The molecule has 0 aromatic rings. The zero-order chi connectivity index (χ0) is 10.9. The summed E-state index contributed by atoms with van der Waals surface area (Å²) in [6.45, 7) is 4.10. The molecular formula is C8H22N2O3Si. The average Bonchev–Trinajstić information content (AvgIpc) is 2.24. The van der Waals surface area contributed by atoms with Crippen LogP contribution in [0.4, 0.5) is 0 Å². The van der Waals surface area contributed by atoms with Gasteiger partial charge < -0.3 is 19.0 Å². The lowest BCUT2D eigenvalue weighted by atomic mass is 10.5. The van der Waals surface area contributed by atoms with Gasteiger partial charge in [-0.1, -0.05) is 6.92 Å². The van der Waals surface area contributed by atoms with Crippen LogP contribution in [0.15, 0.2) is 0 Å². The highest BCUT2D eigenvalue weighted by atomic mass is 28.4. The molecule has 5 nitrogen and oxygen atoms in total. The molecule has 0 aliphatic rings. The van der Waals surface area contributed by atoms with Crippen LogP contribution < -0.4 is 10.7 Å². The molecule has 0 aliphatic carbocycles. The van der Waals surface area contributed by atoms with Crippen molar-refractivity contribution in [3.8, 4) is 0 Å². The molecule has 0 fully saturated rings. The summed E-state index contributed by atoms with van der Waals surface area (Å²) in [5.74, 6) is 0. The molecule has 0 amide bonds. The largest absolute Gasteiger partial charge is 0.596 e. The molecule has 0 radical (unpaired) electrons. The maximum atomic E-state index is 5.57. The van der Waals surface area contributed by atoms with Gasteiger partial charge in [-0.25, -0.2) is 0 Å². The molecule has 0 rings (SSSR count). The second kappa shape index (κ2) is 8.34. The number of hydrogen-bond acceptors (Lipinski definition) is 5. The van der Waals surface area contributed by atoms with Gasteiger partial charge in [0.15, 0.2) is 0 Å². The SMILES string of the molecule is CCCN[Si](OC)(OC)OCCCN. The molecule has 6 heteroatoms. The summed E-state index contributed by atoms with van der Waals surface area (Å²) in [4.78, 5) is 3.17. The Balaban J connectivity index is 3.94. The summed E-state index contributed by atoms with van der Waals surface area (Å²) in [5, 5.41) is 0. The fourth-order valence-electron chi connectivity index (χ4n) is 0.965. The summed E-state index contributed by atoms with van der Waals surface area (Å²) < 4.78 is 16.1. The van der Waals surface area contributed by atoms with E-state index in [4.69, 9.17) is 19.0 Å². The second-order valence-corrected chi connectivity index (χ2v) is 5.45. The third-order valence-corrected chi connectivity index (χ3v) is 4.11. The first-order chi connectivity index (χ1) is 6.74. The molecule has 0 spiro atoms. The first-order valence-electron chi connectivity index (χ1n) is 4.94. The van der Waals surface area contributed by atoms with E-state index in [2.05, 4.69) is 11.9 Å². The molecule has 0 saturated carbocycles. The van der Waals surface area contributed by atoms with Crippen molar-refractivity contribution in [3.05, 3.63) is 0 Å². The Labute approximate surface area is 87.4 Å². The van der Waals surface area contributed by atoms with Gasteiger partial charge in [0.25, 0.3) is 0 Å². The van der Waals surface area contributed by atoms with Crippen molar-refractivity contribution in [2.24, 2.45) is 5.73 Å². The third kappa shape index (κ3) is 5.04. The summed E-state index contributed by atoms with van der Waals surface area (Å²) in [5.41, 5.74) is 5.37. The number of nitrogens with two attached hydrogens (primary N) is 1.